The van der Waals surface area contributed by atoms with Gasteiger partial charge in [-0.3, -0.25) is 4.90 Å². The Hall–Kier alpha value is -2.07. The molecule has 2 atom stereocenters. The van der Waals surface area contributed by atoms with Crippen molar-refractivity contribution in [2.75, 3.05) is 26.3 Å². The first-order valence-corrected chi connectivity index (χ1v) is 10.9. The molecule has 3 aliphatic rings. The molecule has 0 radical (unpaired) electrons. The Morgan fingerprint density at radius 1 is 1.31 bits per heavy atom. The van der Waals surface area contributed by atoms with Crippen molar-refractivity contribution in [1.29, 1.82) is 0 Å². The molecule has 1 aromatic carbocycles. The van der Waals surface area contributed by atoms with Gasteiger partial charge in [0.1, 0.15) is 30.0 Å². The number of likely N-dealkylation sites (tertiary alicyclic amines) is 1. The molecular weight excluding hydrogens is 432 g/mol. The van der Waals surface area contributed by atoms with Gasteiger partial charge in [-0.1, -0.05) is 6.92 Å². The van der Waals surface area contributed by atoms with Gasteiger partial charge in [-0.25, -0.2) is 9.18 Å². The quantitative estimate of drug-likeness (QED) is 0.633. The summed E-state index contributed by atoms with van der Waals surface area (Å²) in [6.07, 6.45) is -2.76. The smallest absolute Gasteiger partial charge is 0.420 e. The molecular formula is C22H28F4N2O4. The van der Waals surface area contributed by atoms with Crippen LogP contribution in [0.2, 0.25) is 0 Å². The first-order valence-electron chi connectivity index (χ1n) is 10.9. The Balaban J connectivity index is 1.24. The number of hydrogen-bond acceptors (Lipinski definition) is 5. The third kappa shape index (κ3) is 4.80. The lowest BCUT2D eigenvalue weighted by Gasteiger charge is -2.48. The average Bonchev–Trinajstić information content (AvgIpc) is 3.12. The zero-order chi connectivity index (χ0) is 23.1. The third-order valence-corrected chi connectivity index (χ3v) is 7.11. The number of halogens is 4. The van der Waals surface area contributed by atoms with Gasteiger partial charge in [-0.05, 0) is 61.6 Å². The molecule has 1 saturated carbocycles. The van der Waals surface area contributed by atoms with Crippen LogP contribution in [0.3, 0.4) is 0 Å². The lowest BCUT2D eigenvalue weighted by atomic mass is 9.63. The molecule has 1 spiro atoms. The molecule has 2 saturated heterocycles. The van der Waals surface area contributed by atoms with Crippen LogP contribution in [0.15, 0.2) is 18.2 Å². The molecule has 4 rings (SSSR count). The van der Waals surface area contributed by atoms with Crippen molar-refractivity contribution in [2.45, 2.75) is 50.6 Å². The number of alkyl halides is 3. The number of cyclic esters (lactones) is 1. The number of alkyl carbamates (subject to hydrolysis) is 1. The second-order valence-corrected chi connectivity index (χ2v) is 9.35. The van der Waals surface area contributed by atoms with E-state index in [-0.39, 0.29) is 41.7 Å². The Bertz CT molecular complexity index is 836. The zero-order valence-corrected chi connectivity index (χ0v) is 17.8. The van der Waals surface area contributed by atoms with E-state index < -0.39 is 23.8 Å². The number of aliphatic hydroxyl groups is 1. The second-order valence-electron chi connectivity index (χ2n) is 9.35. The fraction of sp³-hybridized carbons (Fsp3) is 0.682. The van der Waals surface area contributed by atoms with Crippen LogP contribution in [0.5, 0.6) is 5.75 Å². The molecule has 1 aliphatic carbocycles. The van der Waals surface area contributed by atoms with Crippen molar-refractivity contribution in [3.63, 3.8) is 0 Å². The largest absolute Gasteiger partial charge is 0.493 e. The highest BCUT2D eigenvalue weighted by molar-refractivity contribution is 5.71. The SMILES string of the molecule is CC(C(O)N1CCC(COc2ccc(F)cc2C(F)(F)F)CC1)[C@H]1C[C@]2(COC(=O)N2)C1. The molecule has 0 aromatic heterocycles. The molecule has 178 valence electrons. The zero-order valence-electron chi connectivity index (χ0n) is 17.8. The minimum absolute atomic E-state index is 0.0273. The topological polar surface area (TPSA) is 71.0 Å². The summed E-state index contributed by atoms with van der Waals surface area (Å²) < 4.78 is 63.0. The van der Waals surface area contributed by atoms with Gasteiger partial charge >= 0.3 is 12.3 Å². The number of carbonyl (C=O) groups excluding carboxylic acids is 1. The van der Waals surface area contributed by atoms with Crippen LogP contribution < -0.4 is 10.1 Å². The second kappa shape index (κ2) is 8.70. The first kappa shape index (κ1) is 23.1. The summed E-state index contributed by atoms with van der Waals surface area (Å²) in [6, 6.07) is 2.42. The number of nitrogens with zero attached hydrogens (tertiary/aromatic N) is 1. The Morgan fingerprint density at radius 2 is 2.00 bits per heavy atom. The number of carbonyl (C=O) groups is 1. The van der Waals surface area contributed by atoms with Crippen molar-refractivity contribution < 1.29 is 36.9 Å². The van der Waals surface area contributed by atoms with Crippen LogP contribution in [0.4, 0.5) is 22.4 Å². The predicted octanol–water partition coefficient (Wildman–Crippen LogP) is 3.78. The fourth-order valence-corrected chi connectivity index (χ4v) is 5.05. The predicted molar refractivity (Wildman–Crippen MR) is 106 cm³/mol. The number of benzene rings is 1. The minimum Gasteiger partial charge on any atom is -0.493 e. The third-order valence-electron chi connectivity index (χ3n) is 7.11. The molecule has 1 aromatic rings. The highest BCUT2D eigenvalue weighted by Gasteiger charge is 2.52. The Labute approximate surface area is 183 Å². The molecule has 3 fully saturated rings. The summed E-state index contributed by atoms with van der Waals surface area (Å²) in [5, 5.41) is 13.7. The van der Waals surface area contributed by atoms with E-state index in [2.05, 4.69) is 5.32 Å². The maximum absolute atomic E-state index is 13.2. The molecule has 2 aliphatic heterocycles. The van der Waals surface area contributed by atoms with Gasteiger partial charge in [0.2, 0.25) is 0 Å². The fourth-order valence-electron chi connectivity index (χ4n) is 5.05. The summed E-state index contributed by atoms with van der Waals surface area (Å²) in [4.78, 5) is 13.3. The number of rotatable bonds is 6. The lowest BCUT2D eigenvalue weighted by molar-refractivity contribution is -0.139. The number of aliphatic hydroxyl groups excluding tert-OH is 1. The van der Waals surface area contributed by atoms with Gasteiger partial charge in [0.25, 0.3) is 0 Å². The van der Waals surface area contributed by atoms with Crippen molar-refractivity contribution in [2.24, 2.45) is 17.8 Å². The molecule has 2 N–H and O–H groups in total. The number of ether oxygens (including phenoxy) is 2. The molecule has 2 heterocycles. The van der Waals surface area contributed by atoms with E-state index in [4.69, 9.17) is 9.47 Å². The molecule has 1 amide bonds. The normalized spacial score (nSPS) is 28.7. The van der Waals surface area contributed by atoms with Gasteiger partial charge in [-0.2, -0.15) is 13.2 Å². The number of piperidine rings is 1. The summed E-state index contributed by atoms with van der Waals surface area (Å²) in [7, 11) is 0. The van der Waals surface area contributed by atoms with Gasteiger partial charge in [0.15, 0.2) is 0 Å². The average molecular weight is 460 g/mol. The van der Waals surface area contributed by atoms with E-state index in [1.165, 1.54) is 0 Å². The first-order chi connectivity index (χ1) is 15.1. The summed E-state index contributed by atoms with van der Waals surface area (Å²) >= 11 is 0. The van der Waals surface area contributed by atoms with Gasteiger partial charge in [0, 0.05) is 13.1 Å². The highest BCUT2D eigenvalue weighted by atomic mass is 19.4. The van der Waals surface area contributed by atoms with Crippen LogP contribution in [0, 0.1) is 23.6 Å². The molecule has 6 nitrogen and oxygen atoms in total. The number of amides is 1. The summed E-state index contributed by atoms with van der Waals surface area (Å²) in [5.41, 5.74) is -1.39. The number of hydrogen-bond donors (Lipinski definition) is 2. The van der Waals surface area contributed by atoms with Crippen molar-refractivity contribution in [3.8, 4) is 5.75 Å². The standard InChI is InChI=1S/C22H28F4N2O4/c1-13(15-9-21(10-15)12-32-20(30)27-21)19(29)28-6-4-14(5-7-28)11-31-18-3-2-16(23)8-17(18)22(24,25)26/h2-3,8,13-15,19,29H,4-7,9-12H2,1H3,(H,27,30)/t13?,15-,19?,21+. The van der Waals surface area contributed by atoms with E-state index in [1.54, 1.807) is 0 Å². The van der Waals surface area contributed by atoms with E-state index in [1.807, 2.05) is 11.8 Å². The van der Waals surface area contributed by atoms with E-state index in [0.29, 0.717) is 38.6 Å². The van der Waals surface area contributed by atoms with Crippen molar-refractivity contribution in [1.82, 2.24) is 10.2 Å². The maximum Gasteiger partial charge on any atom is 0.420 e. The van der Waals surface area contributed by atoms with Crippen LogP contribution in [0.1, 0.15) is 38.2 Å². The monoisotopic (exact) mass is 460 g/mol. The molecule has 0 bridgehead atoms. The highest BCUT2D eigenvalue weighted by Crippen LogP contribution is 2.45. The Morgan fingerprint density at radius 3 is 2.59 bits per heavy atom. The van der Waals surface area contributed by atoms with Gasteiger partial charge in [0.05, 0.1) is 12.1 Å². The lowest BCUT2D eigenvalue weighted by Crippen LogP contribution is -2.58. The molecule has 2 unspecified atom stereocenters. The van der Waals surface area contributed by atoms with E-state index in [0.717, 1.165) is 25.0 Å². The molecule has 32 heavy (non-hydrogen) atoms. The van der Waals surface area contributed by atoms with E-state index in [9.17, 15) is 27.5 Å². The van der Waals surface area contributed by atoms with Crippen LogP contribution in [-0.4, -0.2) is 54.2 Å². The molecule has 10 heteroatoms. The van der Waals surface area contributed by atoms with Gasteiger partial charge in [-0.15, -0.1) is 0 Å². The summed E-state index contributed by atoms with van der Waals surface area (Å²) in [5.74, 6) is -0.956. The van der Waals surface area contributed by atoms with Crippen LogP contribution in [-0.2, 0) is 10.9 Å². The van der Waals surface area contributed by atoms with Crippen LogP contribution >= 0.6 is 0 Å². The summed E-state index contributed by atoms with van der Waals surface area (Å²) in [6.45, 7) is 3.72. The maximum atomic E-state index is 13.2. The van der Waals surface area contributed by atoms with Crippen molar-refractivity contribution >= 4 is 6.09 Å². The number of nitrogens with one attached hydrogen (secondary N) is 1. The van der Waals surface area contributed by atoms with E-state index >= 15 is 0 Å². The van der Waals surface area contributed by atoms with Gasteiger partial charge < -0.3 is 19.9 Å². The Kier molecular flexibility index (Phi) is 6.28. The van der Waals surface area contributed by atoms with Crippen LogP contribution in [0.25, 0.3) is 0 Å². The van der Waals surface area contributed by atoms with Crippen molar-refractivity contribution in [3.05, 3.63) is 29.6 Å². The minimum atomic E-state index is -4.69.